The Hall–Kier alpha value is -2.24. The van der Waals surface area contributed by atoms with Crippen molar-refractivity contribution in [2.45, 2.75) is 71.2 Å². The highest BCUT2D eigenvalue weighted by Gasteiger charge is 2.47. The topological polar surface area (TPSA) is 40.0 Å². The molecule has 3 nitrogen and oxygen atoms in total. The monoisotopic (exact) mass is 550 g/mol. The molecule has 1 N–H and O–H groups in total. The number of aromatic nitrogens is 1. The minimum absolute atomic E-state index is 0.0782. The highest BCUT2D eigenvalue weighted by molar-refractivity contribution is 7.90. The van der Waals surface area contributed by atoms with Crippen molar-refractivity contribution >= 4 is 22.3 Å². The van der Waals surface area contributed by atoms with Gasteiger partial charge in [0, 0.05) is 40.6 Å². The average Bonchev–Trinajstić information content (AvgIpc) is 3.05. The molecule has 11 heteroatoms. The largest absolute Gasteiger partial charge is 0.598 e. The van der Waals surface area contributed by atoms with Crippen molar-refractivity contribution in [3.8, 4) is 11.1 Å². The minimum atomic E-state index is -4.84. The van der Waals surface area contributed by atoms with E-state index in [2.05, 4.69) is 4.72 Å². The number of alkyl halides is 6. The molecule has 1 heterocycles. The van der Waals surface area contributed by atoms with Crippen LogP contribution in [-0.4, -0.2) is 20.0 Å². The van der Waals surface area contributed by atoms with E-state index in [1.54, 1.807) is 25.3 Å². The summed E-state index contributed by atoms with van der Waals surface area (Å²) < 4.78 is 113. The SMILES string of the molecule is CC(C)(C)Cn1cc([C@H](N[S@@+]([O-])C(C)(C)C)C(F)(F)F)c2ccc(-c3ccc(F)cc3C(F)(F)F)cc21. The third-order valence-corrected chi connectivity index (χ3v) is 7.14. The first kappa shape index (κ1) is 29.3. The van der Waals surface area contributed by atoms with E-state index in [1.165, 1.54) is 24.4 Å². The van der Waals surface area contributed by atoms with Gasteiger partial charge in [0.05, 0.1) is 5.56 Å². The van der Waals surface area contributed by atoms with Crippen molar-refractivity contribution in [2.75, 3.05) is 0 Å². The molecule has 0 unspecified atom stereocenters. The molecule has 0 aliphatic rings. The average molecular weight is 551 g/mol. The number of rotatable bonds is 5. The van der Waals surface area contributed by atoms with Crippen LogP contribution in [0.2, 0.25) is 0 Å². The van der Waals surface area contributed by atoms with E-state index in [1.807, 2.05) is 20.8 Å². The Kier molecular flexibility index (Phi) is 7.78. The van der Waals surface area contributed by atoms with Gasteiger partial charge >= 0.3 is 12.4 Å². The molecular formula is C26H29F7N2OS. The van der Waals surface area contributed by atoms with E-state index in [4.69, 9.17) is 0 Å². The quantitative estimate of drug-likeness (QED) is 0.257. The maximum absolute atomic E-state index is 14.2. The third-order valence-electron chi connectivity index (χ3n) is 5.58. The molecular weight excluding hydrogens is 521 g/mol. The van der Waals surface area contributed by atoms with Crippen LogP contribution in [0.3, 0.4) is 0 Å². The Labute approximate surface area is 214 Å². The fourth-order valence-electron chi connectivity index (χ4n) is 3.95. The minimum Gasteiger partial charge on any atom is -0.598 e. The van der Waals surface area contributed by atoms with Crippen molar-refractivity contribution in [1.29, 1.82) is 0 Å². The van der Waals surface area contributed by atoms with Crippen LogP contribution in [0.5, 0.6) is 0 Å². The molecule has 0 spiro atoms. The predicted octanol–water partition coefficient (Wildman–Crippen LogP) is 8.17. The molecule has 2 aromatic carbocycles. The van der Waals surface area contributed by atoms with Crippen LogP contribution in [0, 0.1) is 11.2 Å². The second-order valence-corrected chi connectivity index (χ2v) is 13.2. The van der Waals surface area contributed by atoms with Gasteiger partial charge in [-0.25, -0.2) is 4.39 Å². The molecule has 3 aromatic rings. The van der Waals surface area contributed by atoms with Gasteiger partial charge in [-0.3, -0.25) is 0 Å². The van der Waals surface area contributed by atoms with Crippen LogP contribution in [0.4, 0.5) is 30.7 Å². The summed E-state index contributed by atoms with van der Waals surface area (Å²) in [6.45, 7) is 10.5. The number of fused-ring (bicyclic) bond motifs is 1. The number of nitrogens with zero attached hydrogens (tertiary/aromatic N) is 1. The van der Waals surface area contributed by atoms with Crippen LogP contribution in [0.1, 0.15) is 58.7 Å². The number of hydrogen-bond acceptors (Lipinski definition) is 2. The second kappa shape index (κ2) is 9.81. The van der Waals surface area contributed by atoms with Gasteiger partial charge in [0.25, 0.3) is 0 Å². The van der Waals surface area contributed by atoms with Crippen LogP contribution in [0.15, 0.2) is 42.6 Å². The van der Waals surface area contributed by atoms with Crippen molar-refractivity contribution < 1.29 is 35.3 Å². The van der Waals surface area contributed by atoms with Crippen LogP contribution in [-0.2, 0) is 24.1 Å². The smallest absolute Gasteiger partial charge is 0.417 e. The lowest BCUT2D eigenvalue weighted by Crippen LogP contribution is -2.45. The van der Waals surface area contributed by atoms with Crippen molar-refractivity contribution in [3.05, 3.63) is 59.5 Å². The van der Waals surface area contributed by atoms with Crippen molar-refractivity contribution in [3.63, 3.8) is 0 Å². The number of hydrogen-bond donors (Lipinski definition) is 1. The van der Waals surface area contributed by atoms with Gasteiger partial charge in [0.15, 0.2) is 6.04 Å². The Morgan fingerprint density at radius 1 is 0.919 bits per heavy atom. The molecule has 0 aliphatic carbocycles. The molecule has 0 aliphatic heterocycles. The first-order valence-electron chi connectivity index (χ1n) is 11.4. The Morgan fingerprint density at radius 2 is 1.54 bits per heavy atom. The molecule has 0 amide bonds. The zero-order valence-corrected chi connectivity index (χ0v) is 22.1. The summed E-state index contributed by atoms with van der Waals surface area (Å²) in [4.78, 5) is 0. The lowest BCUT2D eigenvalue weighted by atomic mass is 9.96. The first-order chi connectivity index (χ1) is 16.7. The van der Waals surface area contributed by atoms with E-state index in [0.29, 0.717) is 6.07 Å². The summed E-state index contributed by atoms with van der Waals surface area (Å²) in [6, 6.07) is 4.00. The third kappa shape index (κ3) is 6.80. The van der Waals surface area contributed by atoms with Crippen LogP contribution in [0.25, 0.3) is 22.0 Å². The maximum Gasteiger partial charge on any atom is 0.417 e. The van der Waals surface area contributed by atoms with E-state index in [9.17, 15) is 35.3 Å². The maximum atomic E-state index is 14.2. The highest BCUT2D eigenvalue weighted by Crippen LogP contribution is 2.42. The number of benzene rings is 2. The van der Waals surface area contributed by atoms with Crippen molar-refractivity contribution in [1.82, 2.24) is 9.29 Å². The highest BCUT2D eigenvalue weighted by atomic mass is 32.2. The van der Waals surface area contributed by atoms with Gasteiger partial charge in [-0.15, -0.1) is 4.72 Å². The Morgan fingerprint density at radius 3 is 2.05 bits per heavy atom. The molecule has 0 radical (unpaired) electrons. The van der Waals surface area contributed by atoms with Gasteiger partial charge in [0.2, 0.25) is 0 Å². The van der Waals surface area contributed by atoms with Crippen molar-refractivity contribution in [2.24, 2.45) is 5.41 Å². The molecule has 0 saturated carbocycles. The summed E-state index contributed by atoms with van der Waals surface area (Å²) in [6.07, 6.45) is -8.34. The van der Waals surface area contributed by atoms with Gasteiger partial charge in [0.1, 0.15) is 10.6 Å². The summed E-state index contributed by atoms with van der Waals surface area (Å²) in [7, 11) is 0. The van der Waals surface area contributed by atoms with Gasteiger partial charge in [-0.2, -0.15) is 26.3 Å². The van der Waals surface area contributed by atoms with E-state index in [-0.39, 0.29) is 39.6 Å². The van der Waals surface area contributed by atoms with Crippen LogP contribution < -0.4 is 4.72 Å². The standard InChI is InChI=1S/C26H29F7N2OS/c1-23(2,3)14-35-13-19(22(26(31,32)33)34-37(36)24(4,5)6)18-9-7-15(11-21(18)35)17-10-8-16(27)12-20(17)25(28,29)30/h7-13,22,34H,14H2,1-6H3/t22-,37-/m0/s1. The Bertz CT molecular complexity index is 1270. The summed E-state index contributed by atoms with van der Waals surface area (Å²) in [5.41, 5.74) is -1.70. The summed E-state index contributed by atoms with van der Waals surface area (Å²) in [5, 5.41) is 0.157. The fraction of sp³-hybridized carbons (Fsp3) is 0.462. The molecule has 204 valence electrons. The number of nitrogens with one attached hydrogen (secondary N) is 1. The lowest BCUT2D eigenvalue weighted by Gasteiger charge is -2.29. The molecule has 37 heavy (non-hydrogen) atoms. The van der Waals surface area contributed by atoms with E-state index >= 15 is 0 Å². The van der Waals surface area contributed by atoms with Gasteiger partial charge in [-0.05, 0) is 55.5 Å². The van der Waals surface area contributed by atoms with Gasteiger partial charge < -0.3 is 9.12 Å². The molecule has 0 fully saturated rings. The molecule has 0 bridgehead atoms. The number of halogens is 7. The first-order valence-corrected chi connectivity index (χ1v) is 12.6. The molecule has 3 rings (SSSR count). The fourth-order valence-corrected chi connectivity index (χ4v) is 4.78. The summed E-state index contributed by atoms with van der Waals surface area (Å²) in [5.74, 6) is -1.05. The zero-order valence-electron chi connectivity index (χ0n) is 21.2. The van der Waals surface area contributed by atoms with E-state index in [0.717, 1.165) is 12.1 Å². The van der Waals surface area contributed by atoms with Crippen LogP contribution >= 0.6 is 0 Å². The Balaban J connectivity index is 2.27. The second-order valence-electron chi connectivity index (χ2n) is 11.2. The van der Waals surface area contributed by atoms with E-state index < -0.39 is 45.9 Å². The molecule has 2 atom stereocenters. The normalized spacial score (nSPS) is 15.3. The predicted molar refractivity (Wildman–Crippen MR) is 132 cm³/mol. The lowest BCUT2D eigenvalue weighted by molar-refractivity contribution is -0.152. The summed E-state index contributed by atoms with van der Waals surface area (Å²) >= 11 is -2.06. The van der Waals surface area contributed by atoms with Gasteiger partial charge in [-0.1, -0.05) is 39.0 Å². The zero-order chi connectivity index (χ0) is 28.1. The molecule has 1 aromatic heterocycles. The molecule has 0 saturated heterocycles.